The van der Waals surface area contributed by atoms with Crippen LogP contribution in [0.1, 0.15) is 6.42 Å². The van der Waals surface area contributed by atoms with Crippen LogP contribution in [-0.2, 0) is 0 Å². The van der Waals surface area contributed by atoms with Gasteiger partial charge in [-0.05, 0) is 6.42 Å². The molecule has 1 saturated heterocycles. The minimum absolute atomic E-state index is 0.0947. The molecule has 0 bridgehead atoms. The lowest BCUT2D eigenvalue weighted by atomic mass is 10.3. The van der Waals surface area contributed by atoms with Gasteiger partial charge in [0.15, 0.2) is 0 Å². The molecule has 1 atom stereocenters. The van der Waals surface area contributed by atoms with Crippen LogP contribution in [0.5, 0.6) is 0 Å². The Morgan fingerprint density at radius 2 is 2.50 bits per heavy atom. The van der Waals surface area contributed by atoms with E-state index < -0.39 is 0 Å². The van der Waals surface area contributed by atoms with Gasteiger partial charge in [0, 0.05) is 25.4 Å². The smallest absolute Gasteiger partial charge is 0.0679 e. The first-order valence-electron chi connectivity index (χ1n) is 3.55. The highest BCUT2D eigenvalue weighted by Crippen LogP contribution is 2.08. The number of aliphatic hydroxyl groups is 1. The van der Waals surface area contributed by atoms with Crippen molar-refractivity contribution in [3.8, 4) is 0 Å². The van der Waals surface area contributed by atoms with Gasteiger partial charge >= 0.3 is 0 Å². The fourth-order valence-electron chi connectivity index (χ4n) is 1.20. The molecule has 0 radical (unpaired) electrons. The summed E-state index contributed by atoms with van der Waals surface area (Å²) in [6.07, 6.45) is 0.831. The predicted octanol–water partition coefficient (Wildman–Crippen LogP) is -0.340. The van der Waals surface area contributed by atoms with Gasteiger partial charge in [-0.1, -0.05) is 11.9 Å². The molecule has 0 aromatic rings. The molecule has 0 amide bonds. The summed E-state index contributed by atoms with van der Waals surface area (Å²) in [4.78, 5) is 2.24. The summed E-state index contributed by atoms with van der Waals surface area (Å²) in [5.41, 5.74) is 0. The molecule has 60 valence electrons. The van der Waals surface area contributed by atoms with E-state index in [0.717, 1.165) is 31.8 Å². The van der Waals surface area contributed by atoms with Crippen LogP contribution in [0.4, 0.5) is 0 Å². The summed E-state index contributed by atoms with van der Waals surface area (Å²) in [6, 6.07) is 0. The highest BCUT2D eigenvalue weighted by atomic mass is 32.2. The van der Waals surface area contributed by atoms with Crippen LogP contribution in [-0.4, -0.2) is 41.5 Å². The minimum atomic E-state index is -0.0947. The van der Waals surface area contributed by atoms with Crippen molar-refractivity contribution in [2.24, 2.45) is 5.14 Å². The highest BCUT2D eigenvalue weighted by Gasteiger charge is 2.18. The third-order valence-corrected chi connectivity index (χ3v) is 2.19. The molecule has 0 aliphatic carbocycles. The summed E-state index contributed by atoms with van der Waals surface area (Å²) >= 11 is 1.37. The van der Waals surface area contributed by atoms with Crippen LogP contribution in [0, 0.1) is 0 Å². The summed E-state index contributed by atoms with van der Waals surface area (Å²) < 4.78 is 0. The average molecular weight is 162 g/mol. The van der Waals surface area contributed by atoms with E-state index in [9.17, 15) is 0 Å². The maximum atomic E-state index is 9.12. The van der Waals surface area contributed by atoms with Gasteiger partial charge in [-0.25, -0.2) is 0 Å². The first-order valence-corrected chi connectivity index (χ1v) is 4.60. The standard InChI is InChI=1S/C6H14N2OS/c7-10-4-3-8-2-1-6(9)5-8/h6,9H,1-5,7H2. The molecule has 3 N–H and O–H groups in total. The zero-order chi connectivity index (χ0) is 7.40. The van der Waals surface area contributed by atoms with Crippen LogP contribution in [0.2, 0.25) is 0 Å². The fourth-order valence-corrected chi connectivity index (χ4v) is 1.56. The Morgan fingerprint density at radius 3 is 3.00 bits per heavy atom. The third kappa shape index (κ3) is 2.46. The average Bonchev–Trinajstić information content (AvgIpc) is 2.31. The van der Waals surface area contributed by atoms with E-state index in [2.05, 4.69) is 4.90 Å². The molecule has 0 aromatic carbocycles. The first kappa shape index (κ1) is 8.33. The van der Waals surface area contributed by atoms with Crippen LogP contribution in [0.3, 0.4) is 0 Å². The van der Waals surface area contributed by atoms with Crippen molar-refractivity contribution in [2.45, 2.75) is 12.5 Å². The van der Waals surface area contributed by atoms with E-state index in [1.54, 1.807) is 0 Å². The van der Waals surface area contributed by atoms with Gasteiger partial charge in [-0.15, -0.1) is 0 Å². The number of rotatable bonds is 3. The van der Waals surface area contributed by atoms with Gasteiger partial charge in [0.05, 0.1) is 6.10 Å². The second-order valence-corrected chi connectivity index (χ2v) is 3.36. The molecule has 10 heavy (non-hydrogen) atoms. The zero-order valence-corrected chi connectivity index (χ0v) is 6.81. The second-order valence-electron chi connectivity index (χ2n) is 2.61. The number of nitrogens with two attached hydrogens (primary N) is 1. The van der Waals surface area contributed by atoms with E-state index in [1.165, 1.54) is 11.9 Å². The molecule has 0 saturated carbocycles. The molecule has 0 aromatic heterocycles. The first-order chi connectivity index (χ1) is 4.83. The van der Waals surface area contributed by atoms with Gasteiger partial charge in [0.25, 0.3) is 0 Å². The van der Waals surface area contributed by atoms with E-state index in [1.807, 2.05) is 0 Å². The Hall–Kier alpha value is 0.230. The fraction of sp³-hybridized carbons (Fsp3) is 1.00. The second kappa shape index (κ2) is 4.18. The van der Waals surface area contributed by atoms with Crippen molar-refractivity contribution < 1.29 is 5.11 Å². The molecule has 4 heteroatoms. The Labute approximate surface area is 65.7 Å². The molecule has 1 aliphatic rings. The van der Waals surface area contributed by atoms with E-state index in [-0.39, 0.29) is 6.10 Å². The molecule has 1 heterocycles. The quantitative estimate of drug-likeness (QED) is 0.557. The third-order valence-electron chi connectivity index (χ3n) is 1.77. The van der Waals surface area contributed by atoms with E-state index in [0.29, 0.717) is 0 Å². The van der Waals surface area contributed by atoms with Crippen LogP contribution < -0.4 is 5.14 Å². The van der Waals surface area contributed by atoms with Crippen molar-refractivity contribution in [3.05, 3.63) is 0 Å². The number of nitrogens with zero attached hydrogens (tertiary/aromatic N) is 1. The predicted molar refractivity (Wildman–Crippen MR) is 43.7 cm³/mol. The Balaban J connectivity index is 2.06. The van der Waals surface area contributed by atoms with Crippen molar-refractivity contribution in [1.82, 2.24) is 4.90 Å². The maximum absolute atomic E-state index is 9.12. The summed E-state index contributed by atoms with van der Waals surface area (Å²) in [5.74, 6) is 0.965. The monoisotopic (exact) mass is 162 g/mol. The molecule has 1 unspecified atom stereocenters. The SMILES string of the molecule is NSCCN1CCC(O)C1. The Kier molecular flexibility index (Phi) is 3.48. The topological polar surface area (TPSA) is 49.5 Å². The van der Waals surface area contributed by atoms with Crippen molar-refractivity contribution >= 4 is 11.9 Å². The lowest BCUT2D eigenvalue weighted by Crippen LogP contribution is -2.24. The molecule has 1 aliphatic heterocycles. The van der Waals surface area contributed by atoms with Crippen LogP contribution >= 0.6 is 11.9 Å². The molecule has 0 spiro atoms. The molecular weight excluding hydrogens is 148 g/mol. The number of hydrogen-bond donors (Lipinski definition) is 2. The number of hydrogen-bond acceptors (Lipinski definition) is 4. The number of β-amino-alcohol motifs (C(OH)–C–C–N with tert-alkyl or cyclic N) is 1. The molecule has 1 rings (SSSR count). The number of aliphatic hydroxyl groups excluding tert-OH is 1. The van der Waals surface area contributed by atoms with Gasteiger partial charge in [-0.2, -0.15) is 0 Å². The zero-order valence-electron chi connectivity index (χ0n) is 5.99. The van der Waals surface area contributed by atoms with Crippen molar-refractivity contribution in [1.29, 1.82) is 0 Å². The normalized spacial score (nSPS) is 27.6. The maximum Gasteiger partial charge on any atom is 0.0679 e. The van der Waals surface area contributed by atoms with Crippen LogP contribution in [0.15, 0.2) is 0 Å². The highest BCUT2D eigenvalue weighted by molar-refractivity contribution is 7.97. The van der Waals surface area contributed by atoms with Crippen molar-refractivity contribution in [3.63, 3.8) is 0 Å². The van der Waals surface area contributed by atoms with Gasteiger partial charge in [-0.3, -0.25) is 10.0 Å². The summed E-state index contributed by atoms with van der Waals surface area (Å²) in [6.45, 7) is 2.88. The summed E-state index contributed by atoms with van der Waals surface area (Å²) in [7, 11) is 0. The summed E-state index contributed by atoms with van der Waals surface area (Å²) in [5, 5.41) is 14.4. The Bertz CT molecular complexity index is 102. The molecule has 1 fully saturated rings. The molecular formula is C6H14N2OS. The van der Waals surface area contributed by atoms with E-state index >= 15 is 0 Å². The van der Waals surface area contributed by atoms with Gasteiger partial charge in [0.1, 0.15) is 0 Å². The Morgan fingerprint density at radius 1 is 1.70 bits per heavy atom. The molecule has 3 nitrogen and oxygen atoms in total. The lowest BCUT2D eigenvalue weighted by Gasteiger charge is -2.12. The number of likely N-dealkylation sites (tertiary alicyclic amines) is 1. The van der Waals surface area contributed by atoms with Crippen LogP contribution in [0.25, 0.3) is 0 Å². The van der Waals surface area contributed by atoms with Gasteiger partial charge in [0.2, 0.25) is 0 Å². The largest absolute Gasteiger partial charge is 0.392 e. The van der Waals surface area contributed by atoms with E-state index in [4.69, 9.17) is 10.2 Å². The van der Waals surface area contributed by atoms with Crippen molar-refractivity contribution in [2.75, 3.05) is 25.4 Å². The minimum Gasteiger partial charge on any atom is -0.392 e. The van der Waals surface area contributed by atoms with Gasteiger partial charge < -0.3 is 5.11 Å². The lowest BCUT2D eigenvalue weighted by molar-refractivity contribution is 0.178.